The van der Waals surface area contributed by atoms with Crippen LogP contribution in [-0.2, 0) is 0 Å². The number of hydrogen-bond donors (Lipinski definition) is 0. The van der Waals surface area contributed by atoms with Gasteiger partial charge in [-0.1, -0.05) is 25.3 Å². The molecule has 0 aromatic rings. The van der Waals surface area contributed by atoms with Crippen LogP contribution < -0.4 is 0 Å². The second-order valence-electron chi connectivity index (χ2n) is 1.39. The second-order valence-corrected chi connectivity index (χ2v) is 1.39. The maximum Gasteiger partial charge on any atom is 0.0495 e. The van der Waals surface area contributed by atoms with E-state index in [4.69, 9.17) is 0 Å². The highest BCUT2D eigenvalue weighted by atomic mass is 15.1. The Morgan fingerprint density at radius 1 is 0.800 bits per heavy atom. The first-order chi connectivity index (χ1) is 4.91. The summed E-state index contributed by atoms with van der Waals surface area (Å²) >= 11 is 0. The third kappa shape index (κ3) is 6.56. The minimum atomic E-state index is 1.56. The number of nitrogens with zero attached hydrogens (tertiary/aromatic N) is 2. The predicted octanol–water partition coefficient (Wildman–Crippen LogP) is 2.84. The summed E-state index contributed by atoms with van der Waals surface area (Å²) in [6.07, 6.45) is 9.78. The van der Waals surface area contributed by atoms with Gasteiger partial charge in [-0.15, -0.1) is 0 Å². The minimum Gasteiger partial charge on any atom is -0.159 e. The molecular formula is C8H10N2. The zero-order valence-electron chi connectivity index (χ0n) is 5.77. The van der Waals surface area contributed by atoms with Gasteiger partial charge in [-0.3, -0.25) is 0 Å². The van der Waals surface area contributed by atoms with Crippen LogP contribution in [0.5, 0.6) is 0 Å². The van der Waals surface area contributed by atoms with Gasteiger partial charge in [-0.05, 0) is 12.2 Å². The van der Waals surface area contributed by atoms with E-state index in [0.717, 1.165) is 0 Å². The molecule has 0 fully saturated rings. The molecule has 2 heteroatoms. The van der Waals surface area contributed by atoms with Crippen LogP contribution in [0.2, 0.25) is 0 Å². The standard InChI is InChI=1S/C8H10N2/c1-3-5-7-9-10-8-6-4-2/h3-8H,1-2H2. The Morgan fingerprint density at radius 3 is 1.50 bits per heavy atom. The maximum absolute atomic E-state index is 3.64. The smallest absolute Gasteiger partial charge is 0.0495 e. The van der Waals surface area contributed by atoms with Gasteiger partial charge in [0.2, 0.25) is 0 Å². The molecule has 2 nitrogen and oxygen atoms in total. The first kappa shape index (κ1) is 8.56. The summed E-state index contributed by atoms with van der Waals surface area (Å²) in [6, 6.07) is 0. The third-order valence-electron chi connectivity index (χ3n) is 0.644. The van der Waals surface area contributed by atoms with Crippen LogP contribution in [0.25, 0.3) is 0 Å². The second kappa shape index (κ2) is 7.56. The molecule has 0 rings (SSSR count). The van der Waals surface area contributed by atoms with E-state index in [1.807, 2.05) is 0 Å². The van der Waals surface area contributed by atoms with Crippen molar-refractivity contribution in [1.29, 1.82) is 0 Å². The SMILES string of the molecule is C=CC=CN=NC=CC=C. The lowest BCUT2D eigenvalue weighted by Gasteiger charge is -1.70. The first-order valence-corrected chi connectivity index (χ1v) is 2.87. The van der Waals surface area contributed by atoms with E-state index < -0.39 is 0 Å². The van der Waals surface area contributed by atoms with Gasteiger partial charge in [-0.25, -0.2) is 0 Å². The van der Waals surface area contributed by atoms with Crippen molar-refractivity contribution in [2.45, 2.75) is 0 Å². The van der Waals surface area contributed by atoms with Crippen molar-refractivity contribution in [1.82, 2.24) is 0 Å². The van der Waals surface area contributed by atoms with E-state index in [1.165, 1.54) is 0 Å². The Labute approximate surface area is 61.0 Å². The summed E-state index contributed by atoms with van der Waals surface area (Å²) < 4.78 is 0. The molecule has 0 heterocycles. The Balaban J connectivity index is 3.55. The molecule has 0 aromatic heterocycles. The number of allylic oxidation sites excluding steroid dienone is 4. The molecule has 0 saturated heterocycles. The lowest BCUT2D eigenvalue weighted by atomic mass is 10.6. The van der Waals surface area contributed by atoms with E-state index in [0.29, 0.717) is 0 Å². The van der Waals surface area contributed by atoms with E-state index in [1.54, 1.807) is 36.7 Å². The van der Waals surface area contributed by atoms with Crippen LogP contribution >= 0.6 is 0 Å². The molecule has 0 aliphatic carbocycles. The molecule has 10 heavy (non-hydrogen) atoms. The molecule has 0 aromatic carbocycles. The van der Waals surface area contributed by atoms with E-state index >= 15 is 0 Å². The Bertz CT molecular complexity index is 156. The van der Waals surface area contributed by atoms with Crippen molar-refractivity contribution < 1.29 is 0 Å². The molecule has 0 N–H and O–H groups in total. The largest absolute Gasteiger partial charge is 0.159 e. The Kier molecular flexibility index (Phi) is 6.47. The number of rotatable bonds is 4. The molecule has 0 amide bonds. The third-order valence-corrected chi connectivity index (χ3v) is 0.644. The fourth-order valence-electron chi connectivity index (χ4n) is 0.276. The molecule has 0 radical (unpaired) electrons. The average molecular weight is 134 g/mol. The quantitative estimate of drug-likeness (QED) is 0.417. The number of azo groups is 1. The zero-order valence-corrected chi connectivity index (χ0v) is 5.77. The van der Waals surface area contributed by atoms with Gasteiger partial charge >= 0.3 is 0 Å². The molecule has 0 aliphatic heterocycles. The van der Waals surface area contributed by atoms with Gasteiger partial charge in [0.15, 0.2) is 0 Å². The summed E-state index contributed by atoms with van der Waals surface area (Å²) in [5.41, 5.74) is 0. The fraction of sp³-hybridized carbons (Fsp3) is 0. The average Bonchev–Trinajstić information content (AvgIpc) is 1.97. The van der Waals surface area contributed by atoms with E-state index in [-0.39, 0.29) is 0 Å². The molecule has 52 valence electrons. The molecule has 0 bridgehead atoms. The maximum atomic E-state index is 3.64. The van der Waals surface area contributed by atoms with E-state index in [9.17, 15) is 0 Å². The van der Waals surface area contributed by atoms with Crippen LogP contribution in [0.1, 0.15) is 0 Å². The van der Waals surface area contributed by atoms with Crippen molar-refractivity contribution >= 4 is 0 Å². The molecule has 0 unspecified atom stereocenters. The number of hydrogen-bond acceptors (Lipinski definition) is 2. The van der Waals surface area contributed by atoms with E-state index in [2.05, 4.69) is 23.4 Å². The summed E-state index contributed by atoms with van der Waals surface area (Å²) in [5.74, 6) is 0. The van der Waals surface area contributed by atoms with Crippen LogP contribution in [0.15, 0.2) is 60.1 Å². The fourth-order valence-corrected chi connectivity index (χ4v) is 0.276. The lowest BCUT2D eigenvalue weighted by Crippen LogP contribution is -1.47. The topological polar surface area (TPSA) is 24.7 Å². The summed E-state index contributed by atoms with van der Waals surface area (Å²) in [6.45, 7) is 6.94. The van der Waals surface area contributed by atoms with Crippen LogP contribution in [0, 0.1) is 0 Å². The van der Waals surface area contributed by atoms with Gasteiger partial charge in [-0.2, -0.15) is 10.2 Å². The summed E-state index contributed by atoms with van der Waals surface area (Å²) in [4.78, 5) is 0. The normalized spacial score (nSPS) is 11.6. The van der Waals surface area contributed by atoms with Crippen molar-refractivity contribution in [2.24, 2.45) is 10.2 Å². The monoisotopic (exact) mass is 134 g/mol. The van der Waals surface area contributed by atoms with Crippen LogP contribution in [-0.4, -0.2) is 0 Å². The molecule has 0 saturated carbocycles. The summed E-state index contributed by atoms with van der Waals surface area (Å²) in [7, 11) is 0. The predicted molar refractivity (Wildman–Crippen MR) is 43.5 cm³/mol. The minimum absolute atomic E-state index is 1.56. The highest BCUT2D eigenvalue weighted by Gasteiger charge is 1.59. The van der Waals surface area contributed by atoms with Crippen molar-refractivity contribution in [2.75, 3.05) is 0 Å². The van der Waals surface area contributed by atoms with Gasteiger partial charge in [0.25, 0.3) is 0 Å². The van der Waals surface area contributed by atoms with Gasteiger partial charge in [0, 0.05) is 12.4 Å². The van der Waals surface area contributed by atoms with Crippen molar-refractivity contribution in [3.63, 3.8) is 0 Å². The lowest BCUT2D eigenvalue weighted by molar-refractivity contribution is 1.22. The van der Waals surface area contributed by atoms with Crippen LogP contribution in [0.4, 0.5) is 0 Å². The van der Waals surface area contributed by atoms with Crippen LogP contribution in [0.3, 0.4) is 0 Å². The highest BCUT2D eigenvalue weighted by Crippen LogP contribution is 1.81. The summed E-state index contributed by atoms with van der Waals surface area (Å²) in [5, 5.41) is 7.27. The molecule has 0 atom stereocenters. The van der Waals surface area contributed by atoms with Gasteiger partial charge in [0.05, 0.1) is 0 Å². The first-order valence-electron chi connectivity index (χ1n) is 2.87. The molecule has 0 spiro atoms. The Hall–Kier alpha value is -1.44. The highest BCUT2D eigenvalue weighted by molar-refractivity contribution is 4.97. The molecular weight excluding hydrogens is 124 g/mol. The van der Waals surface area contributed by atoms with Gasteiger partial charge in [0.1, 0.15) is 0 Å². The Morgan fingerprint density at radius 2 is 1.20 bits per heavy atom. The zero-order chi connectivity index (χ0) is 7.66. The molecule has 0 aliphatic rings. The van der Waals surface area contributed by atoms with Gasteiger partial charge < -0.3 is 0 Å². The van der Waals surface area contributed by atoms with Crippen molar-refractivity contribution in [3.05, 3.63) is 49.9 Å². The van der Waals surface area contributed by atoms with Crippen molar-refractivity contribution in [3.8, 4) is 0 Å².